The zero-order chi connectivity index (χ0) is 11.4. The van der Waals surface area contributed by atoms with E-state index < -0.39 is 0 Å². The summed E-state index contributed by atoms with van der Waals surface area (Å²) in [7, 11) is 1.67. The molecule has 88 valence electrons. The highest BCUT2D eigenvalue weighted by molar-refractivity contribution is 7.80. The molecule has 2 aliphatic carbocycles. The van der Waals surface area contributed by atoms with Crippen LogP contribution >= 0.6 is 12.2 Å². The Balaban J connectivity index is 1.69. The number of hydrogen-bond donors (Lipinski definition) is 2. The second kappa shape index (κ2) is 5.41. The Morgan fingerprint density at radius 2 is 2.56 bits per heavy atom. The molecule has 0 aromatic carbocycles. The summed E-state index contributed by atoms with van der Waals surface area (Å²) >= 11 is 5.07. The van der Waals surface area contributed by atoms with E-state index in [0.29, 0.717) is 24.2 Å². The van der Waals surface area contributed by atoms with Gasteiger partial charge in [-0.25, -0.2) is 0 Å². The third kappa shape index (κ3) is 2.59. The van der Waals surface area contributed by atoms with Gasteiger partial charge in [0.25, 0.3) is 0 Å². The van der Waals surface area contributed by atoms with Crippen molar-refractivity contribution >= 4 is 23.0 Å². The van der Waals surface area contributed by atoms with Crippen LogP contribution in [0.1, 0.15) is 12.8 Å². The van der Waals surface area contributed by atoms with Gasteiger partial charge < -0.3 is 10.1 Å². The number of methoxy groups -OCH3 is 1. The quantitative estimate of drug-likeness (QED) is 0.333. The van der Waals surface area contributed by atoms with Gasteiger partial charge in [0.2, 0.25) is 0 Å². The number of nitrogens with zero attached hydrogens (tertiary/aromatic N) is 1. The lowest BCUT2D eigenvalue weighted by Gasteiger charge is -2.31. The summed E-state index contributed by atoms with van der Waals surface area (Å²) < 4.78 is 4.91. The van der Waals surface area contributed by atoms with E-state index in [4.69, 9.17) is 17.0 Å². The van der Waals surface area contributed by atoms with Crippen LogP contribution in [0.5, 0.6) is 0 Å². The minimum Gasteiger partial charge on any atom is -0.383 e. The van der Waals surface area contributed by atoms with E-state index in [-0.39, 0.29) is 0 Å². The Morgan fingerprint density at radius 1 is 1.69 bits per heavy atom. The van der Waals surface area contributed by atoms with Gasteiger partial charge in [0.15, 0.2) is 5.11 Å². The summed E-state index contributed by atoms with van der Waals surface area (Å²) in [5.74, 6) is 1.37. The molecule has 1 saturated carbocycles. The highest BCUT2D eigenvalue weighted by Gasteiger charge is 2.37. The van der Waals surface area contributed by atoms with Gasteiger partial charge in [0, 0.05) is 25.3 Å². The standard InChI is InChI=1S/C11H17N3OS/c1-15-6-5-12-11(16)14-13-10-7-8-3-2-4-9(8)10/h2,4,8-9H,3,5-7H2,1H3,(H2,12,14,16)/b13-10+. The van der Waals surface area contributed by atoms with Crippen molar-refractivity contribution in [2.45, 2.75) is 12.8 Å². The number of ether oxygens (including phenoxy) is 1. The van der Waals surface area contributed by atoms with E-state index in [2.05, 4.69) is 28.0 Å². The van der Waals surface area contributed by atoms with Crippen LogP contribution in [0.25, 0.3) is 0 Å². The molecule has 0 aromatic heterocycles. The van der Waals surface area contributed by atoms with E-state index in [1.165, 1.54) is 12.1 Å². The van der Waals surface area contributed by atoms with Gasteiger partial charge in [-0.2, -0.15) is 5.10 Å². The van der Waals surface area contributed by atoms with E-state index in [0.717, 1.165) is 12.3 Å². The van der Waals surface area contributed by atoms with E-state index in [9.17, 15) is 0 Å². The predicted octanol–water partition coefficient (Wildman–Crippen LogP) is 1.05. The fourth-order valence-electron chi connectivity index (χ4n) is 2.09. The second-order valence-corrected chi connectivity index (χ2v) is 4.53. The smallest absolute Gasteiger partial charge is 0.187 e. The SMILES string of the molecule is COCCNC(=S)N/N=C1\CC2CC=CC12. The minimum atomic E-state index is 0.564. The summed E-state index contributed by atoms with van der Waals surface area (Å²) in [5.41, 5.74) is 4.09. The average Bonchev–Trinajstić information content (AvgIpc) is 2.61. The molecule has 0 amide bonds. The molecule has 16 heavy (non-hydrogen) atoms. The van der Waals surface area contributed by atoms with Crippen LogP contribution in [0.15, 0.2) is 17.3 Å². The maximum absolute atomic E-state index is 5.07. The summed E-state index contributed by atoms with van der Waals surface area (Å²) in [4.78, 5) is 0. The lowest BCUT2D eigenvalue weighted by molar-refractivity contribution is 0.204. The van der Waals surface area contributed by atoms with Gasteiger partial charge in [-0.3, -0.25) is 5.43 Å². The van der Waals surface area contributed by atoms with Crippen molar-refractivity contribution in [1.82, 2.24) is 10.7 Å². The molecule has 5 heteroatoms. The normalized spacial score (nSPS) is 28.7. The molecule has 0 heterocycles. The molecule has 1 fully saturated rings. The molecule has 2 rings (SSSR count). The molecule has 0 aromatic rings. The number of hydrazone groups is 1. The number of fused-ring (bicyclic) bond motifs is 1. The van der Waals surface area contributed by atoms with Crippen LogP contribution in [-0.2, 0) is 4.74 Å². The minimum absolute atomic E-state index is 0.564. The molecule has 2 atom stereocenters. The van der Waals surface area contributed by atoms with Crippen molar-refractivity contribution in [3.05, 3.63) is 12.2 Å². The fourth-order valence-corrected chi connectivity index (χ4v) is 2.24. The van der Waals surface area contributed by atoms with Crippen LogP contribution in [0.3, 0.4) is 0 Å². The van der Waals surface area contributed by atoms with Gasteiger partial charge in [-0.15, -0.1) is 0 Å². The van der Waals surface area contributed by atoms with Gasteiger partial charge in [0.05, 0.1) is 6.61 Å². The Hall–Kier alpha value is -0.940. The van der Waals surface area contributed by atoms with Crippen molar-refractivity contribution in [1.29, 1.82) is 0 Å². The van der Waals surface area contributed by atoms with Gasteiger partial charge in [-0.1, -0.05) is 12.2 Å². The van der Waals surface area contributed by atoms with Crippen LogP contribution in [0, 0.1) is 11.8 Å². The van der Waals surface area contributed by atoms with Gasteiger partial charge in [-0.05, 0) is 31.0 Å². The molecule has 2 N–H and O–H groups in total. The number of thiocarbonyl (C=S) groups is 1. The highest BCUT2D eigenvalue weighted by atomic mass is 32.1. The number of nitrogens with one attached hydrogen (secondary N) is 2. The molecular formula is C11H17N3OS. The van der Waals surface area contributed by atoms with Crippen molar-refractivity contribution in [3.8, 4) is 0 Å². The molecular weight excluding hydrogens is 222 g/mol. The lowest BCUT2D eigenvalue weighted by Crippen LogP contribution is -2.39. The third-order valence-corrected chi connectivity index (χ3v) is 3.27. The first-order chi connectivity index (χ1) is 7.81. The zero-order valence-electron chi connectivity index (χ0n) is 9.40. The first-order valence-corrected chi connectivity index (χ1v) is 5.98. The van der Waals surface area contributed by atoms with Crippen LogP contribution in [-0.4, -0.2) is 31.1 Å². The van der Waals surface area contributed by atoms with Crippen molar-refractivity contribution in [2.75, 3.05) is 20.3 Å². The molecule has 0 spiro atoms. The Bertz CT molecular complexity index is 327. The predicted molar refractivity (Wildman–Crippen MR) is 68.4 cm³/mol. The van der Waals surface area contributed by atoms with Crippen molar-refractivity contribution in [2.24, 2.45) is 16.9 Å². The maximum atomic E-state index is 5.07. The van der Waals surface area contributed by atoms with Crippen LogP contribution < -0.4 is 10.7 Å². The highest BCUT2D eigenvalue weighted by Crippen LogP contribution is 2.39. The number of allylic oxidation sites excluding steroid dienone is 2. The molecule has 0 aliphatic heterocycles. The lowest BCUT2D eigenvalue weighted by atomic mass is 9.74. The Labute approximate surface area is 101 Å². The van der Waals surface area contributed by atoms with Crippen molar-refractivity contribution < 1.29 is 4.74 Å². The Morgan fingerprint density at radius 3 is 3.31 bits per heavy atom. The zero-order valence-corrected chi connectivity index (χ0v) is 10.2. The van der Waals surface area contributed by atoms with E-state index >= 15 is 0 Å². The van der Waals surface area contributed by atoms with Gasteiger partial charge in [0.1, 0.15) is 0 Å². The van der Waals surface area contributed by atoms with E-state index in [1.54, 1.807) is 7.11 Å². The van der Waals surface area contributed by atoms with E-state index in [1.807, 2.05) is 0 Å². The average molecular weight is 239 g/mol. The molecule has 2 unspecified atom stereocenters. The third-order valence-electron chi connectivity index (χ3n) is 3.04. The second-order valence-electron chi connectivity index (χ2n) is 4.12. The molecule has 0 bridgehead atoms. The van der Waals surface area contributed by atoms with Crippen LogP contribution in [0.4, 0.5) is 0 Å². The summed E-state index contributed by atoms with van der Waals surface area (Å²) in [6.07, 6.45) is 6.80. The van der Waals surface area contributed by atoms with Crippen molar-refractivity contribution in [3.63, 3.8) is 0 Å². The summed E-state index contributed by atoms with van der Waals surface area (Å²) in [6, 6.07) is 0. The summed E-state index contributed by atoms with van der Waals surface area (Å²) in [5, 5.41) is 7.90. The number of rotatable bonds is 4. The molecule has 0 saturated heterocycles. The Kier molecular flexibility index (Phi) is 3.90. The van der Waals surface area contributed by atoms with Gasteiger partial charge >= 0.3 is 0 Å². The topological polar surface area (TPSA) is 45.6 Å². The monoisotopic (exact) mass is 239 g/mol. The molecule has 2 aliphatic rings. The fraction of sp³-hybridized carbons (Fsp3) is 0.636. The molecule has 4 nitrogen and oxygen atoms in total. The maximum Gasteiger partial charge on any atom is 0.187 e. The largest absolute Gasteiger partial charge is 0.383 e. The van der Waals surface area contributed by atoms with Crippen LogP contribution in [0.2, 0.25) is 0 Å². The molecule has 0 radical (unpaired) electrons. The first-order valence-electron chi connectivity index (χ1n) is 5.57. The summed E-state index contributed by atoms with van der Waals surface area (Å²) in [6.45, 7) is 1.35. The first kappa shape index (κ1) is 11.5. The number of hydrogen-bond acceptors (Lipinski definition) is 3.